The number of aromatic nitrogens is 2. The number of aryl methyl sites for hydroxylation is 2. The van der Waals surface area contributed by atoms with E-state index in [0.29, 0.717) is 12.4 Å². The van der Waals surface area contributed by atoms with Crippen molar-refractivity contribution in [3.05, 3.63) is 64.1 Å². The van der Waals surface area contributed by atoms with Crippen molar-refractivity contribution in [2.75, 3.05) is 19.5 Å². The van der Waals surface area contributed by atoms with Crippen molar-refractivity contribution in [2.24, 2.45) is 0 Å². The van der Waals surface area contributed by atoms with Crippen molar-refractivity contribution >= 4 is 11.5 Å². The molecule has 2 heterocycles. The molecule has 0 amide bonds. The van der Waals surface area contributed by atoms with Crippen LogP contribution in [-0.4, -0.2) is 23.8 Å². The first-order chi connectivity index (χ1) is 13.1. The summed E-state index contributed by atoms with van der Waals surface area (Å²) in [6.07, 6.45) is 0.783. The van der Waals surface area contributed by atoms with Gasteiger partial charge in [0.1, 0.15) is 17.3 Å². The zero-order valence-corrected chi connectivity index (χ0v) is 15.6. The van der Waals surface area contributed by atoms with Gasteiger partial charge in [-0.25, -0.2) is 4.79 Å². The first kappa shape index (κ1) is 17.1. The predicted octanol–water partition coefficient (Wildman–Crippen LogP) is 3.54. The lowest BCUT2D eigenvalue weighted by atomic mass is 9.97. The summed E-state index contributed by atoms with van der Waals surface area (Å²) in [4.78, 5) is 16.8. The third-order valence-corrected chi connectivity index (χ3v) is 4.90. The number of benzene rings is 2. The Kier molecular flexibility index (Phi) is 4.32. The quantitative estimate of drug-likeness (QED) is 0.768. The Labute approximate surface area is 157 Å². The van der Waals surface area contributed by atoms with Crippen molar-refractivity contribution in [1.82, 2.24) is 9.55 Å². The lowest BCUT2D eigenvalue weighted by Gasteiger charge is -2.22. The number of nitrogens with zero attached hydrogens (tertiary/aromatic N) is 2. The van der Waals surface area contributed by atoms with Gasteiger partial charge in [0.15, 0.2) is 0 Å². The number of fused-ring (bicyclic) bond motifs is 3. The normalized spacial score (nSPS) is 12.1. The summed E-state index contributed by atoms with van der Waals surface area (Å²) in [5.41, 5.74) is 4.73. The summed E-state index contributed by atoms with van der Waals surface area (Å²) in [6, 6.07) is 13.6. The fourth-order valence-electron chi connectivity index (χ4n) is 3.44. The highest BCUT2D eigenvalue weighted by Crippen LogP contribution is 2.32. The number of ether oxygens (including phenoxy) is 2. The highest BCUT2D eigenvalue weighted by Gasteiger charge is 2.19. The second kappa shape index (κ2) is 6.79. The fourth-order valence-corrected chi connectivity index (χ4v) is 3.44. The molecule has 1 N–H and O–H groups in total. The number of hydrogen-bond donors (Lipinski definition) is 1. The van der Waals surface area contributed by atoms with Gasteiger partial charge in [0.25, 0.3) is 0 Å². The molecule has 0 bridgehead atoms. The summed E-state index contributed by atoms with van der Waals surface area (Å²) in [5.74, 6) is 2.15. The van der Waals surface area contributed by atoms with Gasteiger partial charge >= 0.3 is 5.69 Å². The van der Waals surface area contributed by atoms with Crippen LogP contribution in [0.15, 0.2) is 47.3 Å². The van der Waals surface area contributed by atoms with E-state index in [1.807, 2.05) is 49.4 Å². The molecule has 0 aliphatic carbocycles. The predicted molar refractivity (Wildman–Crippen MR) is 105 cm³/mol. The van der Waals surface area contributed by atoms with E-state index in [4.69, 9.17) is 9.47 Å². The topological polar surface area (TPSA) is 65.4 Å². The van der Waals surface area contributed by atoms with Crippen molar-refractivity contribution in [2.45, 2.75) is 19.9 Å². The van der Waals surface area contributed by atoms with Crippen LogP contribution < -0.4 is 20.5 Å². The maximum absolute atomic E-state index is 12.6. The van der Waals surface area contributed by atoms with E-state index in [1.165, 1.54) is 5.56 Å². The third kappa shape index (κ3) is 3.14. The molecule has 138 valence electrons. The van der Waals surface area contributed by atoms with Crippen LogP contribution in [0.2, 0.25) is 0 Å². The average molecular weight is 363 g/mol. The Morgan fingerprint density at radius 3 is 2.52 bits per heavy atom. The molecule has 0 atom stereocenters. The molecule has 2 aromatic carbocycles. The first-order valence-corrected chi connectivity index (χ1v) is 8.80. The van der Waals surface area contributed by atoms with Crippen LogP contribution >= 0.6 is 0 Å². The molecule has 1 aliphatic rings. The molecule has 6 nitrogen and oxygen atoms in total. The van der Waals surface area contributed by atoms with Gasteiger partial charge in [0.2, 0.25) is 0 Å². The van der Waals surface area contributed by atoms with E-state index in [2.05, 4.69) is 10.3 Å². The van der Waals surface area contributed by atoms with Crippen LogP contribution in [0.25, 0.3) is 11.3 Å². The van der Waals surface area contributed by atoms with Crippen LogP contribution in [0.4, 0.5) is 11.5 Å². The van der Waals surface area contributed by atoms with Crippen LogP contribution in [-0.2, 0) is 13.0 Å². The van der Waals surface area contributed by atoms with Crippen LogP contribution in [0, 0.1) is 6.92 Å². The SMILES string of the molecule is COc1ccc(Nc2cc3n(c(=O)n2)CCc2cc(OC)ccc2-3)c(C)c1. The summed E-state index contributed by atoms with van der Waals surface area (Å²) >= 11 is 0. The third-order valence-electron chi connectivity index (χ3n) is 4.90. The van der Waals surface area contributed by atoms with E-state index in [-0.39, 0.29) is 5.69 Å². The molecule has 0 fully saturated rings. The maximum atomic E-state index is 12.6. The average Bonchev–Trinajstić information content (AvgIpc) is 2.68. The molecule has 0 spiro atoms. The maximum Gasteiger partial charge on any atom is 0.350 e. The molecule has 1 aromatic heterocycles. The van der Waals surface area contributed by atoms with Gasteiger partial charge < -0.3 is 14.8 Å². The highest BCUT2D eigenvalue weighted by atomic mass is 16.5. The minimum Gasteiger partial charge on any atom is -0.497 e. The Hall–Kier alpha value is -3.28. The van der Waals surface area contributed by atoms with Crippen molar-refractivity contribution in [3.63, 3.8) is 0 Å². The molecule has 1 aliphatic heterocycles. The molecule has 27 heavy (non-hydrogen) atoms. The number of rotatable bonds is 4. The van der Waals surface area contributed by atoms with E-state index < -0.39 is 0 Å². The number of nitrogens with one attached hydrogen (secondary N) is 1. The number of anilines is 2. The molecule has 4 rings (SSSR count). The van der Waals surface area contributed by atoms with E-state index >= 15 is 0 Å². The second-order valence-corrected chi connectivity index (χ2v) is 6.54. The van der Waals surface area contributed by atoms with Crippen molar-refractivity contribution in [1.29, 1.82) is 0 Å². The molecule has 6 heteroatoms. The van der Waals surface area contributed by atoms with E-state index in [9.17, 15) is 4.79 Å². The summed E-state index contributed by atoms with van der Waals surface area (Å²) in [6.45, 7) is 2.60. The van der Waals surface area contributed by atoms with Crippen LogP contribution in [0.1, 0.15) is 11.1 Å². The Morgan fingerprint density at radius 2 is 1.78 bits per heavy atom. The summed E-state index contributed by atoms with van der Waals surface area (Å²) in [5, 5.41) is 3.26. The smallest absolute Gasteiger partial charge is 0.350 e. The molecule has 0 saturated carbocycles. The highest BCUT2D eigenvalue weighted by molar-refractivity contribution is 5.71. The minimum atomic E-state index is -0.248. The lowest BCUT2D eigenvalue weighted by molar-refractivity contribution is 0.414. The van der Waals surface area contributed by atoms with Gasteiger partial charge in [0.05, 0.1) is 19.9 Å². The van der Waals surface area contributed by atoms with Gasteiger partial charge in [-0.1, -0.05) is 0 Å². The van der Waals surface area contributed by atoms with E-state index in [1.54, 1.807) is 18.8 Å². The van der Waals surface area contributed by atoms with Gasteiger partial charge in [-0.15, -0.1) is 0 Å². The standard InChI is InChI=1S/C21H21N3O3/c1-13-10-15(26-2)5-7-18(13)22-20-12-19-17-6-4-16(27-3)11-14(17)8-9-24(19)21(25)23-20/h4-7,10-12H,8-9H2,1-3H3,(H,22,23,25). The number of methoxy groups -OCH3 is 2. The molecule has 0 unspecified atom stereocenters. The zero-order valence-electron chi connectivity index (χ0n) is 15.6. The second-order valence-electron chi connectivity index (χ2n) is 6.54. The largest absolute Gasteiger partial charge is 0.497 e. The van der Waals surface area contributed by atoms with E-state index in [0.717, 1.165) is 40.4 Å². The monoisotopic (exact) mass is 363 g/mol. The first-order valence-electron chi connectivity index (χ1n) is 8.80. The molecule has 0 saturated heterocycles. The summed E-state index contributed by atoms with van der Waals surface area (Å²) < 4.78 is 12.3. The van der Waals surface area contributed by atoms with Gasteiger partial charge in [-0.3, -0.25) is 4.57 Å². The number of hydrogen-bond acceptors (Lipinski definition) is 5. The zero-order chi connectivity index (χ0) is 19.0. The molecule has 3 aromatic rings. The fraction of sp³-hybridized carbons (Fsp3) is 0.238. The van der Waals surface area contributed by atoms with Crippen LogP contribution in [0.5, 0.6) is 11.5 Å². The Bertz CT molecular complexity index is 1070. The van der Waals surface area contributed by atoms with Crippen LogP contribution in [0.3, 0.4) is 0 Å². The molecular weight excluding hydrogens is 342 g/mol. The van der Waals surface area contributed by atoms with Gasteiger partial charge in [-0.2, -0.15) is 4.98 Å². The molecule has 0 radical (unpaired) electrons. The Morgan fingerprint density at radius 1 is 1.04 bits per heavy atom. The van der Waals surface area contributed by atoms with Gasteiger partial charge in [0, 0.05) is 23.9 Å². The minimum absolute atomic E-state index is 0.248. The summed E-state index contributed by atoms with van der Waals surface area (Å²) in [7, 11) is 3.30. The van der Waals surface area contributed by atoms with Gasteiger partial charge in [-0.05, 0) is 60.9 Å². The van der Waals surface area contributed by atoms with Crippen molar-refractivity contribution < 1.29 is 9.47 Å². The van der Waals surface area contributed by atoms with Crippen molar-refractivity contribution in [3.8, 4) is 22.8 Å². The Balaban J connectivity index is 1.75. The molecular formula is C21H21N3O3. The lowest BCUT2D eigenvalue weighted by Crippen LogP contribution is -2.28.